The zero-order valence-electron chi connectivity index (χ0n) is 17.8. The highest BCUT2D eigenvalue weighted by atomic mass is 35.5. The second-order valence-electron chi connectivity index (χ2n) is 8.99. The fourth-order valence-electron chi connectivity index (χ4n) is 4.91. The predicted octanol–water partition coefficient (Wildman–Crippen LogP) is 5.38. The molecule has 30 heavy (non-hydrogen) atoms. The molecule has 0 unspecified atom stereocenters. The molecule has 5 rings (SSSR count). The van der Waals surface area contributed by atoms with Crippen LogP contribution in [-0.2, 0) is 13.1 Å². The number of hydrogen-bond acceptors (Lipinski definition) is 5. The zero-order chi connectivity index (χ0) is 20.8. The summed E-state index contributed by atoms with van der Waals surface area (Å²) in [6.07, 6.45) is 4.38. The predicted molar refractivity (Wildman–Crippen MR) is 116 cm³/mol. The van der Waals surface area contributed by atoms with E-state index in [1.807, 2.05) is 13.0 Å². The molecule has 6 nitrogen and oxygen atoms in total. The molecular formula is C23H28ClN5O. The van der Waals surface area contributed by atoms with Gasteiger partial charge in [0, 0.05) is 35.5 Å². The Labute approximate surface area is 182 Å². The summed E-state index contributed by atoms with van der Waals surface area (Å²) in [5.41, 5.74) is 3.51. The number of hydrogen-bond donors (Lipinski definition) is 0. The molecular weight excluding hydrogens is 398 g/mol. The molecule has 1 fully saturated rings. The third kappa shape index (κ3) is 3.56. The topological polar surface area (TPSA) is 60.0 Å². The smallest absolute Gasteiger partial charge is 0.151 e. The number of rotatable bonds is 3. The molecule has 158 valence electrons. The molecule has 0 amide bonds. The Bertz CT molecular complexity index is 1050. The van der Waals surface area contributed by atoms with Crippen molar-refractivity contribution in [3.05, 3.63) is 58.0 Å². The highest BCUT2D eigenvalue weighted by molar-refractivity contribution is 6.30. The van der Waals surface area contributed by atoms with Crippen LogP contribution in [0.5, 0.6) is 0 Å². The van der Waals surface area contributed by atoms with Gasteiger partial charge < -0.3 is 4.52 Å². The van der Waals surface area contributed by atoms with Crippen LogP contribution in [0.4, 0.5) is 0 Å². The Hall–Kier alpha value is -2.18. The van der Waals surface area contributed by atoms with E-state index in [1.54, 1.807) is 0 Å². The largest absolute Gasteiger partial charge is 0.361 e. The maximum atomic E-state index is 6.35. The Kier molecular flexibility index (Phi) is 5.15. The van der Waals surface area contributed by atoms with E-state index in [0.29, 0.717) is 17.9 Å². The lowest BCUT2D eigenvalue weighted by Crippen LogP contribution is -2.29. The van der Waals surface area contributed by atoms with Gasteiger partial charge in [-0.1, -0.05) is 16.8 Å². The molecule has 0 N–H and O–H groups in total. The number of aryl methyl sites for hydroxylation is 1. The zero-order valence-corrected chi connectivity index (χ0v) is 18.6. The molecule has 2 aromatic heterocycles. The maximum absolute atomic E-state index is 6.35. The molecule has 0 saturated heterocycles. The summed E-state index contributed by atoms with van der Waals surface area (Å²) in [6, 6.07) is 8.69. The van der Waals surface area contributed by atoms with E-state index in [0.717, 1.165) is 66.9 Å². The van der Waals surface area contributed by atoms with Crippen molar-refractivity contribution < 1.29 is 4.52 Å². The van der Waals surface area contributed by atoms with Crippen molar-refractivity contribution in [2.24, 2.45) is 0 Å². The van der Waals surface area contributed by atoms with Gasteiger partial charge in [-0.2, -0.15) is 0 Å². The lowest BCUT2D eigenvalue weighted by atomic mass is 9.80. The SMILES string of the molecule is Cc1cc([C@H]2CC[C@H](c3nnc4n3-c3ccc(Cl)cc3CN(C(C)C)C4)CC2)no1. The van der Waals surface area contributed by atoms with Crippen LogP contribution >= 0.6 is 11.6 Å². The van der Waals surface area contributed by atoms with Gasteiger partial charge in [-0.05, 0) is 70.2 Å². The van der Waals surface area contributed by atoms with Gasteiger partial charge in [-0.25, -0.2) is 0 Å². The first-order chi connectivity index (χ1) is 14.5. The van der Waals surface area contributed by atoms with Gasteiger partial charge >= 0.3 is 0 Å². The summed E-state index contributed by atoms with van der Waals surface area (Å²) in [5, 5.41) is 14.4. The van der Waals surface area contributed by atoms with Crippen molar-refractivity contribution >= 4 is 11.6 Å². The summed E-state index contributed by atoms with van der Waals surface area (Å²) in [5.74, 6) is 3.89. The highest BCUT2D eigenvalue weighted by Gasteiger charge is 2.32. The molecule has 3 heterocycles. The Morgan fingerprint density at radius 1 is 1.03 bits per heavy atom. The van der Waals surface area contributed by atoms with E-state index >= 15 is 0 Å². The Balaban J connectivity index is 1.46. The van der Waals surface area contributed by atoms with Gasteiger partial charge in [0.05, 0.1) is 17.9 Å². The average molecular weight is 426 g/mol. The molecule has 0 atom stereocenters. The quantitative estimate of drug-likeness (QED) is 0.563. The van der Waals surface area contributed by atoms with Crippen LogP contribution in [0.25, 0.3) is 5.69 Å². The van der Waals surface area contributed by atoms with Crippen LogP contribution < -0.4 is 0 Å². The van der Waals surface area contributed by atoms with Crippen molar-refractivity contribution in [1.82, 2.24) is 24.8 Å². The van der Waals surface area contributed by atoms with Gasteiger partial charge in [-0.15, -0.1) is 10.2 Å². The maximum Gasteiger partial charge on any atom is 0.151 e. The molecule has 0 spiro atoms. The molecule has 3 aromatic rings. The van der Waals surface area contributed by atoms with Crippen molar-refractivity contribution in [1.29, 1.82) is 0 Å². The minimum Gasteiger partial charge on any atom is -0.361 e. The number of halogens is 1. The minimum absolute atomic E-state index is 0.407. The molecule has 2 aliphatic rings. The number of fused-ring (bicyclic) bond motifs is 3. The lowest BCUT2D eigenvalue weighted by molar-refractivity contribution is 0.201. The minimum atomic E-state index is 0.407. The number of aromatic nitrogens is 4. The second-order valence-corrected chi connectivity index (χ2v) is 9.43. The Morgan fingerprint density at radius 3 is 2.50 bits per heavy atom. The summed E-state index contributed by atoms with van der Waals surface area (Å²) in [6.45, 7) is 8.07. The van der Waals surface area contributed by atoms with Gasteiger partial charge in [0.15, 0.2) is 5.82 Å². The lowest BCUT2D eigenvalue weighted by Gasteiger charge is -2.27. The van der Waals surface area contributed by atoms with Gasteiger partial charge in [0.1, 0.15) is 11.6 Å². The third-order valence-corrected chi connectivity index (χ3v) is 6.88. The molecule has 1 aliphatic carbocycles. The molecule has 0 bridgehead atoms. The fraction of sp³-hybridized carbons (Fsp3) is 0.522. The van der Waals surface area contributed by atoms with E-state index < -0.39 is 0 Å². The average Bonchev–Trinajstić information content (AvgIpc) is 3.30. The summed E-state index contributed by atoms with van der Waals surface area (Å²) < 4.78 is 7.60. The van der Waals surface area contributed by atoms with Crippen LogP contribution in [0.15, 0.2) is 28.8 Å². The van der Waals surface area contributed by atoms with E-state index in [9.17, 15) is 0 Å². The third-order valence-electron chi connectivity index (χ3n) is 6.64. The van der Waals surface area contributed by atoms with Crippen molar-refractivity contribution in [3.8, 4) is 5.69 Å². The number of benzene rings is 1. The molecule has 1 saturated carbocycles. The van der Waals surface area contributed by atoms with Crippen LogP contribution in [0.1, 0.15) is 80.0 Å². The summed E-state index contributed by atoms with van der Waals surface area (Å²) in [7, 11) is 0. The molecule has 1 aromatic carbocycles. The normalized spacial score (nSPS) is 22.0. The van der Waals surface area contributed by atoms with E-state index in [4.69, 9.17) is 21.2 Å². The van der Waals surface area contributed by atoms with Crippen LogP contribution in [-0.4, -0.2) is 30.9 Å². The first-order valence-corrected chi connectivity index (χ1v) is 11.3. The van der Waals surface area contributed by atoms with Crippen LogP contribution in [0.3, 0.4) is 0 Å². The number of nitrogens with zero attached hydrogens (tertiary/aromatic N) is 5. The van der Waals surface area contributed by atoms with Gasteiger partial charge in [0.2, 0.25) is 0 Å². The monoisotopic (exact) mass is 425 g/mol. The van der Waals surface area contributed by atoms with Crippen molar-refractivity contribution in [2.45, 2.75) is 77.4 Å². The first-order valence-electron chi connectivity index (χ1n) is 10.9. The summed E-state index contributed by atoms with van der Waals surface area (Å²) >= 11 is 6.35. The van der Waals surface area contributed by atoms with Crippen molar-refractivity contribution in [3.63, 3.8) is 0 Å². The fourth-order valence-corrected chi connectivity index (χ4v) is 5.10. The van der Waals surface area contributed by atoms with E-state index in [-0.39, 0.29) is 0 Å². The van der Waals surface area contributed by atoms with Crippen LogP contribution in [0.2, 0.25) is 5.02 Å². The summed E-state index contributed by atoms with van der Waals surface area (Å²) in [4.78, 5) is 2.43. The highest BCUT2D eigenvalue weighted by Crippen LogP contribution is 2.41. The Morgan fingerprint density at radius 2 is 1.80 bits per heavy atom. The second kappa shape index (κ2) is 7.82. The molecule has 7 heteroatoms. The van der Waals surface area contributed by atoms with Crippen molar-refractivity contribution in [2.75, 3.05) is 0 Å². The van der Waals surface area contributed by atoms with E-state index in [1.165, 1.54) is 11.3 Å². The first kappa shape index (κ1) is 19.8. The standard InChI is InChI=1S/C23H28ClN5O/c1-14(2)28-12-18-11-19(24)8-9-21(18)29-22(13-28)25-26-23(29)17-6-4-16(5-7-17)20-10-15(3)30-27-20/h8-11,14,16-17H,4-7,12-13H2,1-3H3/t16-,17-. The van der Waals surface area contributed by atoms with Gasteiger partial charge in [-0.3, -0.25) is 9.47 Å². The van der Waals surface area contributed by atoms with E-state index in [2.05, 4.69) is 51.8 Å². The van der Waals surface area contributed by atoms with Gasteiger partial charge in [0.25, 0.3) is 0 Å². The molecule has 1 aliphatic heterocycles. The molecule has 0 radical (unpaired) electrons. The van der Waals surface area contributed by atoms with Crippen LogP contribution in [0, 0.1) is 6.92 Å².